The fraction of sp³-hybridized carbons (Fsp3) is 0.500. The van der Waals surface area contributed by atoms with Crippen LogP contribution in [0.15, 0.2) is 12.1 Å². The molecule has 0 aliphatic carbocycles. The summed E-state index contributed by atoms with van der Waals surface area (Å²) in [5, 5.41) is 2.92. The number of nitrogens with one attached hydrogen (secondary N) is 1. The van der Waals surface area contributed by atoms with Crippen LogP contribution in [0.25, 0.3) is 0 Å². The van der Waals surface area contributed by atoms with E-state index in [0.29, 0.717) is 0 Å². The van der Waals surface area contributed by atoms with Crippen LogP contribution in [0.2, 0.25) is 0 Å². The molecule has 1 heterocycles. The van der Waals surface area contributed by atoms with Crippen molar-refractivity contribution in [2.24, 2.45) is 0 Å². The van der Waals surface area contributed by atoms with Crippen LogP contribution < -0.4 is 5.32 Å². The molecule has 0 spiro atoms. The van der Waals surface area contributed by atoms with Gasteiger partial charge < -0.3 is 5.32 Å². The second-order valence-electron chi connectivity index (χ2n) is 4.11. The highest BCUT2D eigenvalue weighted by Crippen LogP contribution is 2.15. The fourth-order valence-electron chi connectivity index (χ4n) is 0.959. The van der Waals surface area contributed by atoms with Crippen LogP contribution >= 0.6 is 11.3 Å². The van der Waals surface area contributed by atoms with Crippen molar-refractivity contribution >= 4 is 17.2 Å². The molecule has 0 radical (unpaired) electrons. The van der Waals surface area contributed by atoms with Gasteiger partial charge in [-0.15, -0.1) is 11.3 Å². The van der Waals surface area contributed by atoms with Crippen LogP contribution in [0.3, 0.4) is 0 Å². The average molecular weight is 197 g/mol. The molecule has 13 heavy (non-hydrogen) atoms. The lowest BCUT2D eigenvalue weighted by molar-refractivity contribution is 0.0924. The predicted molar refractivity (Wildman–Crippen MR) is 56.3 cm³/mol. The molecule has 1 rings (SSSR count). The lowest BCUT2D eigenvalue weighted by Crippen LogP contribution is -2.40. The number of hydrogen-bond donors (Lipinski definition) is 1. The van der Waals surface area contributed by atoms with Gasteiger partial charge in [-0.2, -0.15) is 0 Å². The second-order valence-corrected chi connectivity index (χ2v) is 5.40. The van der Waals surface area contributed by atoms with Gasteiger partial charge in [-0.3, -0.25) is 4.79 Å². The zero-order valence-electron chi connectivity index (χ0n) is 8.47. The van der Waals surface area contributed by atoms with E-state index in [1.807, 2.05) is 39.8 Å². The quantitative estimate of drug-likeness (QED) is 0.736. The molecule has 0 unspecified atom stereocenters. The fourth-order valence-corrected chi connectivity index (χ4v) is 1.72. The zero-order valence-corrected chi connectivity index (χ0v) is 9.29. The van der Waals surface area contributed by atoms with E-state index in [2.05, 4.69) is 5.32 Å². The van der Waals surface area contributed by atoms with Crippen molar-refractivity contribution in [2.45, 2.75) is 33.2 Å². The standard InChI is InChI=1S/C10H15NOS/c1-7-5-6-8(13-7)9(12)11-10(2,3)4/h5-6H,1-4H3,(H,11,12). The van der Waals surface area contributed by atoms with Crippen molar-refractivity contribution in [3.05, 3.63) is 21.9 Å². The Morgan fingerprint density at radius 2 is 2.00 bits per heavy atom. The summed E-state index contributed by atoms with van der Waals surface area (Å²) in [5.41, 5.74) is -0.158. The molecule has 3 heteroatoms. The number of aryl methyl sites for hydroxylation is 1. The topological polar surface area (TPSA) is 29.1 Å². The van der Waals surface area contributed by atoms with Crippen molar-refractivity contribution in [3.63, 3.8) is 0 Å². The third kappa shape index (κ3) is 3.19. The van der Waals surface area contributed by atoms with Crippen LogP contribution in [-0.4, -0.2) is 11.4 Å². The summed E-state index contributed by atoms with van der Waals surface area (Å²) in [6.07, 6.45) is 0. The lowest BCUT2D eigenvalue weighted by Gasteiger charge is -2.19. The van der Waals surface area contributed by atoms with Crippen LogP contribution in [0.5, 0.6) is 0 Å². The van der Waals surface area contributed by atoms with Crippen molar-refractivity contribution in [3.8, 4) is 0 Å². The van der Waals surface area contributed by atoms with Gasteiger partial charge in [0.25, 0.3) is 5.91 Å². The molecule has 0 aliphatic heterocycles. The molecule has 0 atom stereocenters. The summed E-state index contributed by atoms with van der Waals surface area (Å²) in [6, 6.07) is 3.82. The van der Waals surface area contributed by atoms with Gasteiger partial charge in [0.05, 0.1) is 4.88 Å². The monoisotopic (exact) mass is 197 g/mol. The highest BCUT2D eigenvalue weighted by atomic mass is 32.1. The SMILES string of the molecule is Cc1ccc(C(=O)NC(C)(C)C)s1. The first-order valence-corrected chi connectivity index (χ1v) is 5.09. The minimum absolute atomic E-state index is 0.0191. The summed E-state index contributed by atoms with van der Waals surface area (Å²) in [5.74, 6) is 0.0191. The Balaban J connectivity index is 2.70. The Morgan fingerprint density at radius 3 is 2.38 bits per heavy atom. The largest absolute Gasteiger partial charge is 0.347 e. The first-order chi connectivity index (χ1) is 5.88. The number of hydrogen-bond acceptors (Lipinski definition) is 2. The number of amides is 1. The molecule has 1 amide bonds. The molecule has 0 fully saturated rings. The second kappa shape index (κ2) is 3.50. The van der Waals surface area contributed by atoms with Gasteiger partial charge in [-0.1, -0.05) is 0 Å². The Morgan fingerprint density at radius 1 is 1.38 bits per heavy atom. The van der Waals surface area contributed by atoms with Crippen LogP contribution in [0.4, 0.5) is 0 Å². The van der Waals surface area contributed by atoms with E-state index >= 15 is 0 Å². The molecular weight excluding hydrogens is 182 g/mol. The zero-order chi connectivity index (χ0) is 10.1. The molecular formula is C10H15NOS. The molecule has 1 aromatic rings. The maximum Gasteiger partial charge on any atom is 0.261 e. The number of rotatable bonds is 1. The Kier molecular flexibility index (Phi) is 2.76. The average Bonchev–Trinajstić information content (AvgIpc) is 2.31. The first kappa shape index (κ1) is 10.3. The van der Waals surface area contributed by atoms with Crippen molar-refractivity contribution < 1.29 is 4.79 Å². The van der Waals surface area contributed by atoms with Crippen molar-refractivity contribution in [1.29, 1.82) is 0 Å². The Hall–Kier alpha value is -0.830. The summed E-state index contributed by atoms with van der Waals surface area (Å²) >= 11 is 1.52. The summed E-state index contributed by atoms with van der Waals surface area (Å²) in [4.78, 5) is 13.5. The molecule has 72 valence electrons. The first-order valence-electron chi connectivity index (χ1n) is 4.27. The van der Waals surface area contributed by atoms with E-state index < -0.39 is 0 Å². The molecule has 0 saturated carbocycles. The smallest absolute Gasteiger partial charge is 0.261 e. The van der Waals surface area contributed by atoms with Gasteiger partial charge in [0.15, 0.2) is 0 Å². The van der Waals surface area contributed by atoms with E-state index in [1.54, 1.807) is 0 Å². The highest BCUT2D eigenvalue weighted by molar-refractivity contribution is 7.13. The maximum atomic E-state index is 11.6. The molecule has 1 N–H and O–H groups in total. The maximum absolute atomic E-state index is 11.6. The van der Waals surface area contributed by atoms with E-state index in [9.17, 15) is 4.79 Å². The molecule has 1 aromatic heterocycles. The minimum atomic E-state index is -0.158. The van der Waals surface area contributed by atoms with E-state index in [1.165, 1.54) is 16.2 Å². The number of carbonyl (C=O) groups is 1. The number of thiophene rings is 1. The normalized spacial score (nSPS) is 11.4. The van der Waals surface area contributed by atoms with Crippen molar-refractivity contribution in [1.82, 2.24) is 5.32 Å². The molecule has 0 bridgehead atoms. The summed E-state index contributed by atoms with van der Waals surface area (Å²) in [7, 11) is 0. The minimum Gasteiger partial charge on any atom is -0.347 e. The van der Waals surface area contributed by atoms with Gasteiger partial charge in [0.2, 0.25) is 0 Å². The van der Waals surface area contributed by atoms with Crippen LogP contribution in [0, 0.1) is 6.92 Å². The van der Waals surface area contributed by atoms with E-state index in [-0.39, 0.29) is 11.4 Å². The van der Waals surface area contributed by atoms with Crippen molar-refractivity contribution in [2.75, 3.05) is 0 Å². The Bertz CT molecular complexity index is 309. The summed E-state index contributed by atoms with van der Waals surface area (Å²) < 4.78 is 0. The van der Waals surface area contributed by atoms with Gasteiger partial charge in [-0.05, 0) is 39.8 Å². The molecule has 0 aromatic carbocycles. The third-order valence-electron chi connectivity index (χ3n) is 1.45. The van der Waals surface area contributed by atoms with Crippen LogP contribution in [0.1, 0.15) is 35.3 Å². The number of carbonyl (C=O) groups excluding carboxylic acids is 1. The van der Waals surface area contributed by atoms with Gasteiger partial charge in [0, 0.05) is 10.4 Å². The predicted octanol–water partition coefficient (Wildman–Crippen LogP) is 2.58. The molecule has 2 nitrogen and oxygen atoms in total. The highest BCUT2D eigenvalue weighted by Gasteiger charge is 2.15. The van der Waals surface area contributed by atoms with Gasteiger partial charge in [-0.25, -0.2) is 0 Å². The van der Waals surface area contributed by atoms with Crippen LogP contribution in [-0.2, 0) is 0 Å². The lowest BCUT2D eigenvalue weighted by atomic mass is 10.1. The van der Waals surface area contributed by atoms with Gasteiger partial charge >= 0.3 is 0 Å². The van der Waals surface area contributed by atoms with E-state index in [4.69, 9.17) is 0 Å². The molecule has 0 saturated heterocycles. The Labute approximate surface area is 83.0 Å². The van der Waals surface area contributed by atoms with E-state index in [0.717, 1.165) is 4.88 Å². The van der Waals surface area contributed by atoms with Gasteiger partial charge in [0.1, 0.15) is 0 Å². The molecule has 0 aliphatic rings. The summed E-state index contributed by atoms with van der Waals surface area (Å²) in [6.45, 7) is 7.93. The third-order valence-corrected chi connectivity index (χ3v) is 2.45.